The summed E-state index contributed by atoms with van der Waals surface area (Å²) >= 11 is 6.20. The minimum absolute atomic E-state index is 0.0448. The second-order valence-electron chi connectivity index (χ2n) is 6.31. The Hall–Kier alpha value is -2.84. The number of aryl methyl sites for hydroxylation is 2. The molecule has 3 rings (SSSR count). The van der Waals surface area contributed by atoms with Crippen LogP contribution in [0.25, 0.3) is 11.4 Å². The molecule has 2 aromatic carbocycles. The number of methoxy groups -OCH3 is 1. The van der Waals surface area contributed by atoms with E-state index < -0.39 is 15.9 Å². The smallest absolute Gasteiger partial charge is 0.285 e. The zero-order valence-corrected chi connectivity index (χ0v) is 17.7. The minimum atomic E-state index is -4.16. The summed E-state index contributed by atoms with van der Waals surface area (Å²) in [5, 5.41) is 0.474. The molecule has 1 amide bonds. The average molecular weight is 434 g/mol. The van der Waals surface area contributed by atoms with E-state index >= 15 is 0 Å². The lowest BCUT2D eigenvalue weighted by Crippen LogP contribution is -2.31. The highest BCUT2D eigenvalue weighted by atomic mass is 35.5. The predicted molar refractivity (Wildman–Crippen MR) is 111 cm³/mol. The van der Waals surface area contributed by atoms with Gasteiger partial charge in [-0.05, 0) is 36.2 Å². The van der Waals surface area contributed by atoms with E-state index in [1.807, 2.05) is 6.92 Å². The van der Waals surface area contributed by atoms with Crippen molar-refractivity contribution in [1.82, 2.24) is 14.3 Å². The van der Waals surface area contributed by atoms with Crippen molar-refractivity contribution in [3.05, 3.63) is 64.9 Å². The van der Waals surface area contributed by atoms with Crippen molar-refractivity contribution >= 4 is 27.5 Å². The van der Waals surface area contributed by atoms with Gasteiger partial charge in [0.15, 0.2) is 0 Å². The van der Waals surface area contributed by atoms with Gasteiger partial charge in [-0.25, -0.2) is 18.1 Å². The summed E-state index contributed by atoms with van der Waals surface area (Å²) in [6.45, 7) is 1.90. The molecule has 1 heterocycles. The number of nitrogens with one attached hydrogen (secondary N) is 1. The molecule has 0 unspecified atom stereocenters. The van der Waals surface area contributed by atoms with Crippen molar-refractivity contribution in [2.75, 3.05) is 7.11 Å². The molecule has 0 radical (unpaired) electrons. The number of benzene rings is 2. The maximum absolute atomic E-state index is 12.8. The normalized spacial score (nSPS) is 11.3. The number of amides is 1. The Morgan fingerprint density at radius 2 is 1.97 bits per heavy atom. The number of carbonyl (C=O) groups excluding carboxylic acids is 1. The number of hydrogen-bond acceptors (Lipinski definition) is 5. The summed E-state index contributed by atoms with van der Waals surface area (Å²) in [4.78, 5) is 16.8. The highest BCUT2D eigenvalue weighted by molar-refractivity contribution is 7.90. The van der Waals surface area contributed by atoms with Crippen LogP contribution in [0.15, 0.2) is 53.6 Å². The summed E-state index contributed by atoms with van der Waals surface area (Å²) in [5.41, 5.74) is 1.39. The molecule has 9 heteroatoms. The highest BCUT2D eigenvalue weighted by Gasteiger charge is 2.25. The number of imidazole rings is 1. The Balaban J connectivity index is 1.93. The summed E-state index contributed by atoms with van der Waals surface area (Å²) in [7, 11) is -1.09. The van der Waals surface area contributed by atoms with Gasteiger partial charge < -0.3 is 9.30 Å². The van der Waals surface area contributed by atoms with E-state index in [2.05, 4.69) is 9.71 Å². The van der Waals surface area contributed by atoms with Gasteiger partial charge >= 0.3 is 0 Å². The zero-order chi connectivity index (χ0) is 21.2. The second-order valence-corrected chi connectivity index (χ2v) is 8.37. The molecule has 152 valence electrons. The quantitative estimate of drug-likeness (QED) is 0.643. The molecule has 1 aromatic heterocycles. The Kier molecular flexibility index (Phi) is 5.95. The van der Waals surface area contributed by atoms with Gasteiger partial charge in [0.1, 0.15) is 22.2 Å². The molecule has 1 N–H and O–H groups in total. The maximum Gasteiger partial charge on any atom is 0.285 e. The van der Waals surface area contributed by atoms with E-state index in [0.29, 0.717) is 22.8 Å². The van der Waals surface area contributed by atoms with E-state index in [-0.39, 0.29) is 16.3 Å². The van der Waals surface area contributed by atoms with Crippen LogP contribution in [0, 0.1) is 0 Å². The monoisotopic (exact) mass is 433 g/mol. The van der Waals surface area contributed by atoms with Gasteiger partial charge in [-0.3, -0.25) is 4.79 Å². The number of carbonyl (C=O) groups is 1. The first-order valence-corrected chi connectivity index (χ1v) is 10.6. The molecule has 29 heavy (non-hydrogen) atoms. The van der Waals surface area contributed by atoms with Crippen molar-refractivity contribution in [2.45, 2.75) is 18.2 Å². The number of halogens is 1. The first-order valence-electron chi connectivity index (χ1n) is 8.79. The van der Waals surface area contributed by atoms with Crippen LogP contribution in [0.1, 0.15) is 23.0 Å². The van der Waals surface area contributed by atoms with Crippen molar-refractivity contribution in [3.63, 3.8) is 0 Å². The van der Waals surface area contributed by atoms with E-state index in [1.54, 1.807) is 48.0 Å². The third-order valence-corrected chi connectivity index (χ3v) is 6.06. The van der Waals surface area contributed by atoms with Crippen molar-refractivity contribution in [2.24, 2.45) is 7.05 Å². The molecular formula is C20H20ClN3O4S. The molecular weight excluding hydrogens is 414 g/mol. The summed E-state index contributed by atoms with van der Waals surface area (Å²) in [6.07, 6.45) is 2.09. The largest absolute Gasteiger partial charge is 0.495 e. The molecule has 0 aliphatic rings. The number of nitrogens with zero attached hydrogens (tertiary/aromatic N) is 2. The lowest BCUT2D eigenvalue weighted by Gasteiger charge is -2.11. The molecule has 0 saturated heterocycles. The SMILES string of the molecule is CCc1ccc(OC)c(S(=O)(=O)NC(=O)c2cn(C)c(-c3ccccc3Cl)n2)c1. The minimum Gasteiger partial charge on any atom is -0.495 e. The lowest BCUT2D eigenvalue weighted by molar-refractivity contribution is 0.0977. The van der Waals surface area contributed by atoms with Gasteiger partial charge in [0, 0.05) is 18.8 Å². The Morgan fingerprint density at radius 1 is 1.24 bits per heavy atom. The number of ether oxygens (including phenoxy) is 1. The Labute approximate surface area is 174 Å². The van der Waals surface area contributed by atoms with E-state index in [0.717, 1.165) is 5.56 Å². The molecule has 0 saturated carbocycles. The Morgan fingerprint density at radius 3 is 2.62 bits per heavy atom. The van der Waals surface area contributed by atoms with Crippen LogP contribution < -0.4 is 9.46 Å². The number of aromatic nitrogens is 2. The topological polar surface area (TPSA) is 90.3 Å². The molecule has 0 bridgehead atoms. The number of sulfonamides is 1. The third-order valence-electron chi connectivity index (χ3n) is 4.38. The maximum atomic E-state index is 12.8. The fourth-order valence-corrected chi connectivity index (χ4v) is 4.25. The van der Waals surface area contributed by atoms with Crippen molar-refractivity contribution in [3.8, 4) is 17.1 Å². The van der Waals surface area contributed by atoms with E-state index in [1.165, 1.54) is 19.4 Å². The highest BCUT2D eigenvalue weighted by Crippen LogP contribution is 2.27. The van der Waals surface area contributed by atoms with Crippen LogP contribution in [0.4, 0.5) is 0 Å². The molecule has 7 nitrogen and oxygen atoms in total. The summed E-state index contributed by atoms with van der Waals surface area (Å²) in [5.74, 6) is -0.244. The van der Waals surface area contributed by atoms with Crippen LogP contribution in [-0.4, -0.2) is 31.0 Å². The third kappa shape index (κ3) is 4.28. The van der Waals surface area contributed by atoms with Gasteiger partial charge in [-0.1, -0.05) is 36.7 Å². The van der Waals surface area contributed by atoms with E-state index in [9.17, 15) is 13.2 Å². The van der Waals surface area contributed by atoms with Gasteiger partial charge in [0.2, 0.25) is 0 Å². The first-order chi connectivity index (χ1) is 13.8. The molecule has 0 fully saturated rings. The summed E-state index contributed by atoms with van der Waals surface area (Å²) in [6, 6.07) is 11.9. The van der Waals surface area contributed by atoms with Crippen LogP contribution >= 0.6 is 11.6 Å². The van der Waals surface area contributed by atoms with E-state index in [4.69, 9.17) is 16.3 Å². The fraction of sp³-hybridized carbons (Fsp3) is 0.200. The molecule has 0 atom stereocenters. The van der Waals surface area contributed by atoms with Gasteiger partial charge in [-0.15, -0.1) is 0 Å². The van der Waals surface area contributed by atoms with Gasteiger partial charge in [0.25, 0.3) is 15.9 Å². The fourth-order valence-electron chi connectivity index (χ4n) is 2.85. The number of hydrogen-bond donors (Lipinski definition) is 1. The molecule has 0 aliphatic heterocycles. The van der Waals surface area contributed by atoms with Crippen molar-refractivity contribution in [1.29, 1.82) is 0 Å². The van der Waals surface area contributed by atoms with Crippen LogP contribution in [0.2, 0.25) is 5.02 Å². The van der Waals surface area contributed by atoms with Crippen LogP contribution in [0.5, 0.6) is 5.75 Å². The molecule has 0 aliphatic carbocycles. The van der Waals surface area contributed by atoms with Gasteiger partial charge in [-0.2, -0.15) is 0 Å². The standard InChI is InChI=1S/C20H20ClN3O4S/c1-4-13-9-10-17(28-3)18(11-13)29(26,27)23-20(25)16-12-24(2)19(22-16)14-7-5-6-8-15(14)21/h5-12H,4H2,1-3H3,(H,23,25). The predicted octanol–water partition coefficient (Wildman–Crippen LogP) is 3.43. The van der Waals surface area contributed by atoms with Crippen LogP contribution in [-0.2, 0) is 23.5 Å². The average Bonchev–Trinajstić information content (AvgIpc) is 3.09. The summed E-state index contributed by atoms with van der Waals surface area (Å²) < 4.78 is 34.4. The van der Waals surface area contributed by atoms with Crippen LogP contribution in [0.3, 0.4) is 0 Å². The van der Waals surface area contributed by atoms with Gasteiger partial charge in [0.05, 0.1) is 12.1 Å². The first kappa shape index (κ1) is 20.9. The Bertz CT molecular complexity index is 1170. The zero-order valence-electron chi connectivity index (χ0n) is 16.1. The molecule has 0 spiro atoms. The van der Waals surface area contributed by atoms with Crippen molar-refractivity contribution < 1.29 is 17.9 Å². The second kappa shape index (κ2) is 8.26. The molecule has 3 aromatic rings. The number of rotatable bonds is 6. The lowest BCUT2D eigenvalue weighted by atomic mass is 10.2.